The second-order valence-corrected chi connectivity index (χ2v) is 6.36. The molecule has 3 heteroatoms. The van der Waals surface area contributed by atoms with Gasteiger partial charge >= 0.3 is 0 Å². The average Bonchev–Trinajstić information content (AvgIpc) is 3.05. The van der Waals surface area contributed by atoms with Crippen molar-refractivity contribution in [2.24, 2.45) is 11.1 Å². The van der Waals surface area contributed by atoms with Gasteiger partial charge in [-0.2, -0.15) is 0 Å². The monoisotopic (exact) mass is 272 g/mol. The molecule has 0 radical (unpaired) electrons. The molecule has 0 bridgehead atoms. The third kappa shape index (κ3) is 2.14. The molecule has 0 heterocycles. The van der Waals surface area contributed by atoms with Crippen molar-refractivity contribution in [2.75, 3.05) is 0 Å². The van der Waals surface area contributed by atoms with Crippen LogP contribution >= 0.6 is 0 Å². The second-order valence-electron chi connectivity index (χ2n) is 6.36. The summed E-state index contributed by atoms with van der Waals surface area (Å²) in [5.74, 6) is 0.217. The molecule has 3 rings (SSSR count). The molecule has 2 aliphatic rings. The summed E-state index contributed by atoms with van der Waals surface area (Å²) in [5, 5.41) is 3.25. The van der Waals surface area contributed by atoms with Crippen LogP contribution in [0.25, 0.3) is 0 Å². The summed E-state index contributed by atoms with van der Waals surface area (Å²) in [7, 11) is 0. The average molecular weight is 272 g/mol. The zero-order chi connectivity index (χ0) is 14.2. The Hall–Kier alpha value is -1.35. The number of nitrogens with one attached hydrogen (secondary N) is 1. The number of amides is 1. The van der Waals surface area contributed by atoms with Crippen LogP contribution in [-0.2, 0) is 11.2 Å². The van der Waals surface area contributed by atoms with E-state index in [1.54, 1.807) is 0 Å². The van der Waals surface area contributed by atoms with E-state index in [1.165, 1.54) is 24.0 Å². The van der Waals surface area contributed by atoms with Gasteiger partial charge in [-0.25, -0.2) is 0 Å². The topological polar surface area (TPSA) is 55.1 Å². The van der Waals surface area contributed by atoms with E-state index in [-0.39, 0.29) is 23.4 Å². The largest absolute Gasteiger partial charge is 0.347 e. The molecule has 1 aromatic rings. The van der Waals surface area contributed by atoms with Crippen molar-refractivity contribution < 1.29 is 4.79 Å². The first-order valence-corrected chi connectivity index (χ1v) is 7.81. The molecule has 3 nitrogen and oxygen atoms in total. The molecule has 1 saturated carbocycles. The third-order valence-electron chi connectivity index (χ3n) is 5.28. The fourth-order valence-corrected chi connectivity index (χ4v) is 3.90. The van der Waals surface area contributed by atoms with Gasteiger partial charge < -0.3 is 11.1 Å². The minimum absolute atomic E-state index is 0.00617. The predicted molar refractivity (Wildman–Crippen MR) is 80.2 cm³/mol. The minimum atomic E-state index is -0.142. The zero-order valence-corrected chi connectivity index (χ0v) is 12.2. The quantitative estimate of drug-likeness (QED) is 0.889. The first kappa shape index (κ1) is 13.6. The lowest BCUT2D eigenvalue weighted by Gasteiger charge is -2.29. The number of rotatable bonds is 3. The molecule has 1 amide bonds. The van der Waals surface area contributed by atoms with Gasteiger partial charge in [0.1, 0.15) is 0 Å². The van der Waals surface area contributed by atoms with Gasteiger partial charge in [0.25, 0.3) is 0 Å². The van der Waals surface area contributed by atoms with E-state index in [0.717, 1.165) is 25.7 Å². The Bertz CT molecular complexity index is 505. The number of fused-ring (bicyclic) bond motifs is 1. The number of carbonyl (C=O) groups is 1. The zero-order valence-electron chi connectivity index (χ0n) is 12.2. The Morgan fingerprint density at radius 1 is 1.35 bits per heavy atom. The first-order chi connectivity index (χ1) is 9.66. The molecule has 1 fully saturated rings. The van der Waals surface area contributed by atoms with Gasteiger partial charge in [0.05, 0.1) is 6.04 Å². The standard InChI is InChI=1S/C17H24N2O/c1-2-17(9-5-6-10-17)16(20)19-15-13-8-4-3-7-12(13)11-14(15)18/h3-4,7-8,14-15H,2,5-6,9-11,18H2,1H3,(H,19,20). The maximum atomic E-state index is 12.7. The molecule has 0 spiro atoms. The molecule has 20 heavy (non-hydrogen) atoms. The van der Waals surface area contributed by atoms with Crippen molar-refractivity contribution in [2.45, 2.75) is 57.5 Å². The molecule has 0 aromatic heterocycles. The molecular weight excluding hydrogens is 248 g/mol. The summed E-state index contributed by atoms with van der Waals surface area (Å²) in [6.07, 6.45) is 6.20. The molecule has 0 saturated heterocycles. The van der Waals surface area contributed by atoms with E-state index in [2.05, 4.69) is 24.4 Å². The van der Waals surface area contributed by atoms with Crippen LogP contribution in [0.3, 0.4) is 0 Å². The highest BCUT2D eigenvalue weighted by atomic mass is 16.2. The van der Waals surface area contributed by atoms with Crippen molar-refractivity contribution in [1.29, 1.82) is 0 Å². The Morgan fingerprint density at radius 3 is 2.75 bits per heavy atom. The van der Waals surface area contributed by atoms with Crippen LogP contribution in [-0.4, -0.2) is 11.9 Å². The number of carbonyl (C=O) groups excluding carboxylic acids is 1. The highest BCUT2D eigenvalue weighted by molar-refractivity contribution is 5.83. The van der Waals surface area contributed by atoms with Gasteiger partial charge in [-0.15, -0.1) is 0 Å². The molecule has 2 unspecified atom stereocenters. The molecular formula is C17H24N2O. The number of hydrogen-bond donors (Lipinski definition) is 2. The summed E-state index contributed by atoms with van der Waals surface area (Å²) < 4.78 is 0. The summed E-state index contributed by atoms with van der Waals surface area (Å²) in [6, 6.07) is 8.28. The SMILES string of the molecule is CCC1(C(=O)NC2c3ccccc3CC2N)CCCC1. The maximum Gasteiger partial charge on any atom is 0.226 e. The van der Waals surface area contributed by atoms with E-state index < -0.39 is 0 Å². The van der Waals surface area contributed by atoms with E-state index >= 15 is 0 Å². The van der Waals surface area contributed by atoms with Crippen LogP contribution in [0.4, 0.5) is 0 Å². The van der Waals surface area contributed by atoms with Gasteiger partial charge in [0.2, 0.25) is 5.91 Å². The molecule has 1 aromatic carbocycles. The van der Waals surface area contributed by atoms with Crippen molar-refractivity contribution in [1.82, 2.24) is 5.32 Å². The van der Waals surface area contributed by atoms with Crippen molar-refractivity contribution in [3.63, 3.8) is 0 Å². The van der Waals surface area contributed by atoms with Crippen molar-refractivity contribution in [3.8, 4) is 0 Å². The Morgan fingerprint density at radius 2 is 2.05 bits per heavy atom. The first-order valence-electron chi connectivity index (χ1n) is 7.81. The fourth-order valence-electron chi connectivity index (χ4n) is 3.90. The Balaban J connectivity index is 1.79. The van der Waals surface area contributed by atoms with Crippen LogP contribution in [0.15, 0.2) is 24.3 Å². The highest BCUT2D eigenvalue weighted by Crippen LogP contribution is 2.42. The Kier molecular flexibility index (Phi) is 3.55. The molecule has 3 N–H and O–H groups in total. The lowest BCUT2D eigenvalue weighted by Crippen LogP contribution is -2.45. The third-order valence-corrected chi connectivity index (χ3v) is 5.28. The smallest absolute Gasteiger partial charge is 0.226 e. The summed E-state index contributed by atoms with van der Waals surface area (Å²) in [5.41, 5.74) is 8.59. The lowest BCUT2D eigenvalue weighted by atomic mass is 9.82. The van der Waals surface area contributed by atoms with E-state index in [0.29, 0.717) is 0 Å². The second kappa shape index (κ2) is 5.21. The number of benzene rings is 1. The van der Waals surface area contributed by atoms with Crippen LogP contribution < -0.4 is 11.1 Å². The summed E-state index contributed by atoms with van der Waals surface area (Å²) >= 11 is 0. The molecule has 0 aliphatic heterocycles. The van der Waals surface area contributed by atoms with Crippen molar-refractivity contribution in [3.05, 3.63) is 35.4 Å². The van der Waals surface area contributed by atoms with Gasteiger partial charge in [0, 0.05) is 11.5 Å². The van der Waals surface area contributed by atoms with Gasteiger partial charge in [0.15, 0.2) is 0 Å². The number of hydrogen-bond acceptors (Lipinski definition) is 2. The lowest BCUT2D eigenvalue weighted by molar-refractivity contribution is -0.132. The van der Waals surface area contributed by atoms with Gasteiger partial charge in [-0.3, -0.25) is 4.79 Å². The predicted octanol–water partition coefficient (Wildman–Crippen LogP) is 2.70. The van der Waals surface area contributed by atoms with E-state index in [9.17, 15) is 4.79 Å². The summed E-state index contributed by atoms with van der Waals surface area (Å²) in [4.78, 5) is 12.7. The van der Waals surface area contributed by atoms with Gasteiger partial charge in [-0.1, -0.05) is 44.0 Å². The van der Waals surface area contributed by atoms with Crippen LogP contribution in [0.2, 0.25) is 0 Å². The van der Waals surface area contributed by atoms with Crippen LogP contribution in [0.5, 0.6) is 0 Å². The number of nitrogens with two attached hydrogens (primary N) is 1. The maximum absolute atomic E-state index is 12.7. The van der Waals surface area contributed by atoms with Crippen molar-refractivity contribution >= 4 is 5.91 Å². The van der Waals surface area contributed by atoms with Crippen LogP contribution in [0.1, 0.15) is 56.2 Å². The highest BCUT2D eigenvalue weighted by Gasteiger charge is 2.41. The minimum Gasteiger partial charge on any atom is -0.347 e. The Labute approximate surface area is 120 Å². The van der Waals surface area contributed by atoms with Crippen LogP contribution in [0, 0.1) is 5.41 Å². The summed E-state index contributed by atoms with van der Waals surface area (Å²) in [6.45, 7) is 2.13. The molecule has 108 valence electrons. The molecule has 2 aliphatic carbocycles. The fraction of sp³-hybridized carbons (Fsp3) is 0.588. The normalized spacial score (nSPS) is 27.3. The van der Waals surface area contributed by atoms with Gasteiger partial charge in [-0.05, 0) is 36.8 Å². The molecule has 2 atom stereocenters. The van der Waals surface area contributed by atoms with E-state index in [4.69, 9.17) is 5.73 Å². The van der Waals surface area contributed by atoms with E-state index in [1.807, 2.05) is 12.1 Å².